The Bertz CT molecular complexity index is 1260. The van der Waals surface area contributed by atoms with Crippen LogP contribution in [0, 0.1) is 0 Å². The van der Waals surface area contributed by atoms with Gasteiger partial charge in [0.2, 0.25) is 18.0 Å². The van der Waals surface area contributed by atoms with E-state index >= 15 is 0 Å². The maximum atomic E-state index is 13.4. The number of carbonyl (C=O) groups is 1. The molecule has 0 saturated carbocycles. The summed E-state index contributed by atoms with van der Waals surface area (Å²) in [5.41, 5.74) is 0.533. The van der Waals surface area contributed by atoms with Crippen LogP contribution in [0.4, 0.5) is 0 Å². The molecule has 9 heteroatoms. The van der Waals surface area contributed by atoms with Gasteiger partial charge in [0.05, 0.1) is 20.1 Å². The van der Waals surface area contributed by atoms with E-state index in [4.69, 9.17) is 28.1 Å². The molecule has 30 heavy (non-hydrogen) atoms. The Morgan fingerprint density at radius 3 is 2.60 bits per heavy atom. The van der Waals surface area contributed by atoms with Crippen molar-refractivity contribution < 1.29 is 38.0 Å². The number of hydrogen-bond donors (Lipinski definition) is 1. The summed E-state index contributed by atoms with van der Waals surface area (Å²) in [5.74, 6) is 0.00102. The zero-order valence-corrected chi connectivity index (χ0v) is 16.4. The molecule has 0 amide bonds. The van der Waals surface area contributed by atoms with Crippen LogP contribution < -0.4 is 19.6 Å². The van der Waals surface area contributed by atoms with Crippen molar-refractivity contribution in [2.45, 2.75) is 31.8 Å². The summed E-state index contributed by atoms with van der Waals surface area (Å²) in [6, 6.07) is 4.49. The fraction of sp³-hybridized carbons (Fsp3) is 0.333. The Kier molecular flexibility index (Phi) is 4.04. The van der Waals surface area contributed by atoms with Crippen LogP contribution in [0.5, 0.6) is 23.0 Å². The van der Waals surface area contributed by atoms with Gasteiger partial charge in [0.1, 0.15) is 33.6 Å². The first kappa shape index (κ1) is 18.6. The van der Waals surface area contributed by atoms with Crippen LogP contribution in [-0.4, -0.2) is 37.9 Å². The molecule has 0 aliphatic carbocycles. The molecule has 3 aromatic rings. The molecule has 0 unspecified atom stereocenters. The first-order valence-electron chi connectivity index (χ1n) is 9.29. The second-order valence-electron chi connectivity index (χ2n) is 7.12. The lowest BCUT2D eigenvalue weighted by Crippen LogP contribution is -2.19. The van der Waals surface area contributed by atoms with Gasteiger partial charge < -0.3 is 33.2 Å². The molecule has 3 atom stereocenters. The van der Waals surface area contributed by atoms with Crippen molar-refractivity contribution in [1.82, 2.24) is 0 Å². The molecule has 156 valence electrons. The Morgan fingerprint density at radius 1 is 1.13 bits per heavy atom. The second kappa shape index (κ2) is 6.53. The molecule has 2 aromatic carbocycles. The first-order valence-corrected chi connectivity index (χ1v) is 9.29. The monoisotopic (exact) mass is 414 g/mol. The molecule has 1 aromatic heterocycles. The molecule has 1 saturated heterocycles. The van der Waals surface area contributed by atoms with E-state index in [1.807, 2.05) is 0 Å². The maximum absolute atomic E-state index is 13.4. The molecule has 5 rings (SSSR count). The highest BCUT2D eigenvalue weighted by Crippen LogP contribution is 2.52. The summed E-state index contributed by atoms with van der Waals surface area (Å²) < 4.78 is 33.6. The van der Waals surface area contributed by atoms with Gasteiger partial charge in [0.25, 0.3) is 0 Å². The van der Waals surface area contributed by atoms with Gasteiger partial charge in [-0.05, 0) is 12.1 Å². The molecule has 2 aliphatic rings. The third-order valence-corrected chi connectivity index (χ3v) is 5.42. The molecular weight excluding hydrogens is 396 g/mol. The molecule has 0 bridgehead atoms. The standard InChI is InChI=1S/C21H18O9/c1-8(22)27-14-6-9-15-13(28-21(9)29-14)7-12(26-3)17-18(24)16-10(23)4-5-11(25-2)19(16)30-20(15)17/h4-5,7,9,14,21,23H,6H2,1-3H3/t9-,14-,21-/m0/s1. The molecule has 3 heterocycles. The zero-order valence-electron chi connectivity index (χ0n) is 16.4. The third kappa shape index (κ3) is 2.51. The van der Waals surface area contributed by atoms with Crippen molar-refractivity contribution in [3.63, 3.8) is 0 Å². The van der Waals surface area contributed by atoms with E-state index in [-0.39, 0.29) is 39.4 Å². The van der Waals surface area contributed by atoms with Gasteiger partial charge in [-0.15, -0.1) is 0 Å². The molecule has 2 aliphatic heterocycles. The predicted octanol–water partition coefficient (Wildman–Crippen LogP) is 2.78. The van der Waals surface area contributed by atoms with Crippen molar-refractivity contribution >= 4 is 27.9 Å². The summed E-state index contributed by atoms with van der Waals surface area (Å²) in [6.07, 6.45) is -1.10. The molecule has 9 nitrogen and oxygen atoms in total. The lowest BCUT2D eigenvalue weighted by Gasteiger charge is -2.15. The number of phenolic OH excluding ortho intramolecular Hbond substituents is 1. The van der Waals surface area contributed by atoms with Crippen molar-refractivity contribution in [2.24, 2.45) is 0 Å². The molecule has 1 fully saturated rings. The molecule has 1 N–H and O–H groups in total. The van der Waals surface area contributed by atoms with Crippen LogP contribution in [0.3, 0.4) is 0 Å². The minimum atomic E-state index is -0.756. The Hall–Kier alpha value is -3.46. The second-order valence-corrected chi connectivity index (χ2v) is 7.12. The Balaban J connectivity index is 1.80. The minimum Gasteiger partial charge on any atom is -0.507 e. The van der Waals surface area contributed by atoms with E-state index in [0.29, 0.717) is 23.5 Å². The number of aromatic hydroxyl groups is 1. The summed E-state index contributed by atoms with van der Waals surface area (Å²) in [5, 5.41) is 10.5. The van der Waals surface area contributed by atoms with Gasteiger partial charge in [0.15, 0.2) is 11.3 Å². The average Bonchev–Trinajstić information content (AvgIpc) is 3.23. The number of methoxy groups -OCH3 is 2. The molecule has 0 spiro atoms. The number of ether oxygens (including phenoxy) is 5. The van der Waals surface area contributed by atoms with E-state index < -0.39 is 24.0 Å². The van der Waals surface area contributed by atoms with Crippen LogP contribution >= 0.6 is 0 Å². The molecule has 0 radical (unpaired) electrons. The number of benzene rings is 2. The highest BCUT2D eigenvalue weighted by Gasteiger charge is 2.47. The van der Waals surface area contributed by atoms with Gasteiger partial charge >= 0.3 is 5.97 Å². The largest absolute Gasteiger partial charge is 0.507 e. The summed E-state index contributed by atoms with van der Waals surface area (Å²) in [4.78, 5) is 24.7. The number of phenols is 1. The van der Waals surface area contributed by atoms with Crippen LogP contribution in [0.15, 0.2) is 27.4 Å². The van der Waals surface area contributed by atoms with Crippen molar-refractivity contribution in [2.75, 3.05) is 14.2 Å². The smallest absolute Gasteiger partial charge is 0.304 e. The predicted molar refractivity (Wildman–Crippen MR) is 103 cm³/mol. The van der Waals surface area contributed by atoms with Gasteiger partial charge in [-0.3, -0.25) is 9.59 Å². The minimum absolute atomic E-state index is 0.00368. The van der Waals surface area contributed by atoms with Crippen LogP contribution in [-0.2, 0) is 14.3 Å². The van der Waals surface area contributed by atoms with Crippen molar-refractivity contribution in [3.8, 4) is 23.0 Å². The topological polar surface area (TPSA) is 114 Å². The fourth-order valence-corrected chi connectivity index (χ4v) is 4.19. The number of fused-ring (bicyclic) bond motifs is 6. The van der Waals surface area contributed by atoms with Crippen LogP contribution in [0.25, 0.3) is 21.9 Å². The van der Waals surface area contributed by atoms with Gasteiger partial charge in [0, 0.05) is 25.0 Å². The third-order valence-electron chi connectivity index (χ3n) is 5.42. The number of hydrogen-bond acceptors (Lipinski definition) is 9. The van der Waals surface area contributed by atoms with E-state index in [0.717, 1.165) is 0 Å². The van der Waals surface area contributed by atoms with E-state index in [9.17, 15) is 14.7 Å². The lowest BCUT2D eigenvalue weighted by molar-refractivity contribution is -0.188. The zero-order chi connectivity index (χ0) is 21.2. The van der Waals surface area contributed by atoms with Gasteiger partial charge in [-0.1, -0.05) is 0 Å². The lowest BCUT2D eigenvalue weighted by atomic mass is 9.95. The molecular formula is C21H18O9. The number of rotatable bonds is 3. The Labute approximate surface area is 169 Å². The SMILES string of the molecule is COc1ccc(O)c2c(=O)c3c(OC)cc4c(c3oc12)[C@@H]1C[C@@H](OC(C)=O)O[C@@H]1O4. The van der Waals surface area contributed by atoms with Crippen molar-refractivity contribution in [1.29, 1.82) is 0 Å². The summed E-state index contributed by atoms with van der Waals surface area (Å²) in [6.45, 7) is 1.30. The van der Waals surface area contributed by atoms with Crippen molar-refractivity contribution in [3.05, 3.63) is 34.0 Å². The van der Waals surface area contributed by atoms with E-state index in [2.05, 4.69) is 0 Å². The Morgan fingerprint density at radius 2 is 1.90 bits per heavy atom. The normalized spacial score (nSPS) is 21.9. The van der Waals surface area contributed by atoms with Gasteiger partial charge in [-0.2, -0.15) is 0 Å². The fourth-order valence-electron chi connectivity index (χ4n) is 4.19. The maximum Gasteiger partial charge on any atom is 0.304 e. The van der Waals surface area contributed by atoms with Crippen LogP contribution in [0.2, 0.25) is 0 Å². The highest BCUT2D eigenvalue weighted by molar-refractivity contribution is 6.00. The first-order chi connectivity index (χ1) is 14.4. The quantitative estimate of drug-likeness (QED) is 0.510. The van der Waals surface area contributed by atoms with Crippen LogP contribution in [0.1, 0.15) is 24.8 Å². The summed E-state index contributed by atoms with van der Waals surface area (Å²) in [7, 11) is 2.87. The van der Waals surface area contributed by atoms with E-state index in [1.165, 1.54) is 33.3 Å². The van der Waals surface area contributed by atoms with E-state index in [1.54, 1.807) is 6.07 Å². The number of carbonyl (C=O) groups excluding carboxylic acids is 1. The highest BCUT2D eigenvalue weighted by atomic mass is 16.8. The van der Waals surface area contributed by atoms with Gasteiger partial charge in [-0.25, -0.2) is 0 Å². The summed E-state index contributed by atoms with van der Waals surface area (Å²) >= 11 is 0. The average molecular weight is 414 g/mol. The number of esters is 1.